The molecular weight excluding hydrogens is 370 g/mol. The van der Waals surface area contributed by atoms with Gasteiger partial charge in [-0.25, -0.2) is 0 Å². The molecule has 3 aromatic rings. The Bertz CT molecular complexity index is 948. The summed E-state index contributed by atoms with van der Waals surface area (Å²) >= 11 is 0. The number of ether oxygens (including phenoxy) is 1. The lowest BCUT2D eigenvalue weighted by Crippen LogP contribution is -2.45. The van der Waals surface area contributed by atoms with Gasteiger partial charge < -0.3 is 9.84 Å². The molecule has 3 nitrogen and oxygen atoms in total. The minimum Gasteiger partial charge on any atom is -0.380 e. The number of rotatable bonds is 6. The van der Waals surface area contributed by atoms with Crippen LogP contribution in [-0.4, -0.2) is 42.9 Å². The number of aliphatic hydroxyl groups is 1. The van der Waals surface area contributed by atoms with Crippen molar-refractivity contribution in [3.05, 3.63) is 107 Å². The van der Waals surface area contributed by atoms with Crippen molar-refractivity contribution in [3.63, 3.8) is 0 Å². The quantitative estimate of drug-likeness (QED) is 0.652. The fourth-order valence-corrected chi connectivity index (χ4v) is 4.46. The van der Waals surface area contributed by atoms with Crippen LogP contribution in [0.25, 0.3) is 0 Å². The number of morpholine rings is 1. The third-order valence-corrected chi connectivity index (χ3v) is 6.20. The first-order valence-electron chi connectivity index (χ1n) is 10.8. The smallest absolute Gasteiger partial charge is 0.123 e. The lowest BCUT2D eigenvalue weighted by molar-refractivity contribution is 0.000744. The molecule has 0 amide bonds. The van der Waals surface area contributed by atoms with Crippen molar-refractivity contribution in [1.82, 2.24) is 4.90 Å². The summed E-state index contributed by atoms with van der Waals surface area (Å²) in [6, 6.07) is 27.1. The molecule has 1 saturated heterocycles. The van der Waals surface area contributed by atoms with Gasteiger partial charge in [0.25, 0.3) is 0 Å². The monoisotopic (exact) mass is 401 g/mol. The summed E-state index contributed by atoms with van der Waals surface area (Å²) in [5.74, 6) is -0.110. The number of nitrogens with zero attached hydrogens (tertiary/aromatic N) is 1. The summed E-state index contributed by atoms with van der Waals surface area (Å²) in [6.45, 7) is 8.20. The van der Waals surface area contributed by atoms with Crippen molar-refractivity contribution in [2.45, 2.75) is 25.4 Å². The molecule has 0 saturated carbocycles. The predicted octanol–water partition coefficient (Wildman–Crippen LogP) is 4.66. The zero-order valence-corrected chi connectivity index (χ0v) is 17.9. The van der Waals surface area contributed by atoms with Crippen molar-refractivity contribution in [1.29, 1.82) is 0 Å². The van der Waals surface area contributed by atoms with E-state index in [9.17, 15) is 5.11 Å². The molecule has 2 unspecified atom stereocenters. The van der Waals surface area contributed by atoms with Gasteiger partial charge in [-0.3, -0.25) is 4.90 Å². The van der Waals surface area contributed by atoms with Crippen LogP contribution in [0.15, 0.2) is 78.9 Å². The molecule has 1 aliphatic heterocycles. The third kappa shape index (κ3) is 4.34. The maximum atomic E-state index is 12.6. The van der Waals surface area contributed by atoms with Crippen molar-refractivity contribution in [2.24, 2.45) is 0 Å². The SMILES string of the molecule is Cc1ccc(C(O)(c2cccc(C)c2)C(CN2CCOCC2)c2ccccc2)cc1. The Morgan fingerprint density at radius 3 is 2.20 bits per heavy atom. The molecule has 3 aromatic carbocycles. The second-order valence-electron chi connectivity index (χ2n) is 8.38. The Morgan fingerprint density at radius 2 is 1.53 bits per heavy atom. The fourth-order valence-electron chi connectivity index (χ4n) is 4.46. The van der Waals surface area contributed by atoms with E-state index in [0.717, 1.165) is 55.1 Å². The molecule has 4 rings (SSSR count). The predicted molar refractivity (Wildman–Crippen MR) is 122 cm³/mol. The Hall–Kier alpha value is -2.46. The standard InChI is InChI=1S/C27H31NO2/c1-21-11-13-24(14-12-21)27(29,25-10-6-7-22(2)19-25)26(23-8-4-3-5-9-23)20-28-15-17-30-18-16-28/h3-14,19,26,29H,15-18,20H2,1-2H3. The number of hydrogen-bond acceptors (Lipinski definition) is 3. The van der Waals surface area contributed by atoms with E-state index in [2.05, 4.69) is 85.5 Å². The van der Waals surface area contributed by atoms with E-state index in [1.807, 2.05) is 12.1 Å². The first-order valence-corrected chi connectivity index (χ1v) is 10.8. The highest BCUT2D eigenvalue weighted by atomic mass is 16.5. The van der Waals surface area contributed by atoms with Gasteiger partial charge in [0.2, 0.25) is 0 Å². The van der Waals surface area contributed by atoms with E-state index in [1.54, 1.807) is 0 Å². The summed E-state index contributed by atoms with van der Waals surface area (Å²) < 4.78 is 5.57. The molecule has 0 bridgehead atoms. The van der Waals surface area contributed by atoms with Gasteiger partial charge in [-0.05, 0) is 30.5 Å². The number of hydrogen-bond donors (Lipinski definition) is 1. The van der Waals surface area contributed by atoms with Crippen molar-refractivity contribution in [2.75, 3.05) is 32.8 Å². The van der Waals surface area contributed by atoms with Crippen molar-refractivity contribution >= 4 is 0 Å². The van der Waals surface area contributed by atoms with Gasteiger partial charge in [-0.15, -0.1) is 0 Å². The Morgan fingerprint density at radius 1 is 0.833 bits per heavy atom. The summed E-state index contributed by atoms with van der Waals surface area (Å²) in [6.07, 6.45) is 0. The van der Waals surface area contributed by atoms with E-state index in [1.165, 1.54) is 5.56 Å². The van der Waals surface area contributed by atoms with E-state index in [-0.39, 0.29) is 5.92 Å². The van der Waals surface area contributed by atoms with Gasteiger partial charge in [-0.2, -0.15) is 0 Å². The van der Waals surface area contributed by atoms with E-state index in [0.29, 0.717) is 0 Å². The van der Waals surface area contributed by atoms with Crippen LogP contribution in [0.3, 0.4) is 0 Å². The topological polar surface area (TPSA) is 32.7 Å². The highest BCUT2D eigenvalue weighted by molar-refractivity contribution is 5.44. The molecule has 156 valence electrons. The van der Waals surface area contributed by atoms with Crippen LogP contribution in [0, 0.1) is 13.8 Å². The zero-order chi connectivity index (χ0) is 21.0. The third-order valence-electron chi connectivity index (χ3n) is 6.20. The van der Waals surface area contributed by atoms with Crippen LogP contribution >= 0.6 is 0 Å². The lowest BCUT2D eigenvalue weighted by atomic mass is 9.72. The molecular formula is C27H31NO2. The van der Waals surface area contributed by atoms with Gasteiger partial charge in [0.05, 0.1) is 13.2 Å². The van der Waals surface area contributed by atoms with Crippen LogP contribution < -0.4 is 0 Å². The highest BCUT2D eigenvalue weighted by Crippen LogP contribution is 2.43. The number of aryl methyl sites for hydroxylation is 2. The molecule has 0 aromatic heterocycles. The summed E-state index contributed by atoms with van der Waals surface area (Å²) in [5, 5.41) is 12.6. The highest BCUT2D eigenvalue weighted by Gasteiger charge is 2.42. The average Bonchev–Trinajstić information content (AvgIpc) is 2.79. The van der Waals surface area contributed by atoms with Gasteiger partial charge in [0.15, 0.2) is 0 Å². The zero-order valence-electron chi connectivity index (χ0n) is 17.9. The lowest BCUT2D eigenvalue weighted by Gasteiger charge is -2.41. The van der Waals surface area contributed by atoms with Crippen molar-refractivity contribution < 1.29 is 9.84 Å². The Labute approximate surface area is 179 Å². The minimum atomic E-state index is -1.14. The molecule has 2 atom stereocenters. The fraction of sp³-hybridized carbons (Fsp3) is 0.333. The first kappa shape index (κ1) is 20.8. The minimum absolute atomic E-state index is 0.110. The Kier molecular flexibility index (Phi) is 6.33. The second kappa shape index (κ2) is 9.13. The second-order valence-corrected chi connectivity index (χ2v) is 8.38. The van der Waals surface area contributed by atoms with Gasteiger partial charge in [-0.1, -0.05) is 90.0 Å². The molecule has 1 heterocycles. The molecule has 0 spiro atoms. The van der Waals surface area contributed by atoms with Gasteiger partial charge in [0.1, 0.15) is 5.60 Å². The van der Waals surface area contributed by atoms with Crippen LogP contribution in [0.1, 0.15) is 33.7 Å². The molecule has 1 aliphatic rings. The first-order chi connectivity index (χ1) is 14.6. The summed E-state index contributed by atoms with van der Waals surface area (Å²) in [5.41, 5.74) is 4.22. The molecule has 3 heteroatoms. The van der Waals surface area contributed by atoms with Gasteiger partial charge in [0, 0.05) is 25.6 Å². The van der Waals surface area contributed by atoms with E-state index < -0.39 is 5.60 Å². The van der Waals surface area contributed by atoms with Crippen molar-refractivity contribution in [3.8, 4) is 0 Å². The normalized spacial score (nSPS) is 18.0. The summed E-state index contributed by atoms with van der Waals surface area (Å²) in [4.78, 5) is 2.41. The van der Waals surface area contributed by atoms with Crippen LogP contribution in [-0.2, 0) is 10.3 Å². The van der Waals surface area contributed by atoms with E-state index >= 15 is 0 Å². The van der Waals surface area contributed by atoms with Crippen LogP contribution in [0.4, 0.5) is 0 Å². The maximum absolute atomic E-state index is 12.6. The van der Waals surface area contributed by atoms with Gasteiger partial charge >= 0.3 is 0 Å². The molecule has 30 heavy (non-hydrogen) atoms. The van der Waals surface area contributed by atoms with E-state index in [4.69, 9.17) is 4.74 Å². The van der Waals surface area contributed by atoms with Crippen LogP contribution in [0.2, 0.25) is 0 Å². The largest absolute Gasteiger partial charge is 0.380 e. The maximum Gasteiger partial charge on any atom is 0.123 e. The average molecular weight is 402 g/mol. The van der Waals surface area contributed by atoms with Crippen LogP contribution in [0.5, 0.6) is 0 Å². The summed E-state index contributed by atoms with van der Waals surface area (Å²) in [7, 11) is 0. The molecule has 1 fully saturated rings. The molecule has 0 aliphatic carbocycles. The molecule has 0 radical (unpaired) electrons. The molecule has 1 N–H and O–H groups in total. The Balaban J connectivity index is 1.86. The number of benzene rings is 3.